The number of ketones is 1. The highest BCUT2D eigenvalue weighted by Gasteiger charge is 2.09. The maximum atomic E-state index is 12.2. The third-order valence-electron chi connectivity index (χ3n) is 3.84. The van der Waals surface area contributed by atoms with E-state index < -0.39 is 0 Å². The van der Waals surface area contributed by atoms with Crippen molar-refractivity contribution < 1.29 is 9.59 Å². The molecular weight excluding hydrogens is 364 g/mol. The molecule has 1 aromatic heterocycles. The Morgan fingerprint density at radius 2 is 1.74 bits per heavy atom. The number of aromatic nitrogens is 2. The van der Waals surface area contributed by atoms with Crippen LogP contribution >= 0.6 is 11.6 Å². The third-order valence-corrected chi connectivity index (χ3v) is 4.21. The first-order valence-corrected chi connectivity index (χ1v) is 8.62. The lowest BCUT2D eigenvalue weighted by molar-refractivity contribution is 0.0949. The van der Waals surface area contributed by atoms with Crippen molar-refractivity contribution in [3.05, 3.63) is 82.6 Å². The van der Waals surface area contributed by atoms with Crippen LogP contribution in [0.5, 0.6) is 0 Å². The molecule has 2 N–H and O–H groups in total. The van der Waals surface area contributed by atoms with Gasteiger partial charge in [0.25, 0.3) is 5.91 Å². The monoisotopic (exact) mass is 380 g/mol. The van der Waals surface area contributed by atoms with Crippen LogP contribution in [0.25, 0.3) is 0 Å². The van der Waals surface area contributed by atoms with Crippen LogP contribution in [-0.4, -0.2) is 21.7 Å². The van der Waals surface area contributed by atoms with Crippen molar-refractivity contribution in [1.82, 2.24) is 15.3 Å². The Kier molecular flexibility index (Phi) is 5.78. The zero-order valence-corrected chi connectivity index (χ0v) is 15.3. The molecular formula is C20H17ClN4O2. The summed E-state index contributed by atoms with van der Waals surface area (Å²) in [5.74, 6) is 0.0171. The molecule has 2 aromatic carbocycles. The van der Waals surface area contributed by atoms with Gasteiger partial charge in [0, 0.05) is 35.2 Å². The predicted octanol–water partition coefficient (Wildman–Crippen LogP) is 4.01. The number of carbonyl (C=O) groups excluding carboxylic acids is 2. The van der Waals surface area contributed by atoms with Crippen molar-refractivity contribution in [2.75, 3.05) is 5.32 Å². The second-order valence-electron chi connectivity index (χ2n) is 5.83. The van der Waals surface area contributed by atoms with E-state index in [1.54, 1.807) is 30.3 Å². The summed E-state index contributed by atoms with van der Waals surface area (Å²) < 4.78 is 0. The van der Waals surface area contributed by atoms with Gasteiger partial charge in [0.05, 0.1) is 5.56 Å². The maximum absolute atomic E-state index is 12.2. The molecule has 1 amide bonds. The van der Waals surface area contributed by atoms with Crippen molar-refractivity contribution >= 4 is 34.9 Å². The minimum Gasteiger partial charge on any atom is -0.348 e. The van der Waals surface area contributed by atoms with Gasteiger partial charge in [-0.05, 0) is 30.7 Å². The second-order valence-corrected chi connectivity index (χ2v) is 6.24. The maximum Gasteiger partial charge on any atom is 0.254 e. The lowest BCUT2D eigenvalue weighted by Gasteiger charge is -2.08. The Bertz CT molecular complexity index is 974. The molecule has 0 radical (unpaired) electrons. The number of nitrogens with zero attached hydrogens (tertiary/aromatic N) is 2. The zero-order chi connectivity index (χ0) is 19.2. The van der Waals surface area contributed by atoms with Crippen molar-refractivity contribution in [3.63, 3.8) is 0 Å². The number of halogens is 1. The van der Waals surface area contributed by atoms with E-state index in [0.29, 0.717) is 34.3 Å². The molecule has 0 aliphatic carbocycles. The number of anilines is 2. The fourth-order valence-electron chi connectivity index (χ4n) is 2.37. The molecule has 0 fully saturated rings. The highest BCUT2D eigenvalue weighted by molar-refractivity contribution is 6.31. The summed E-state index contributed by atoms with van der Waals surface area (Å²) in [6, 6.07) is 14.3. The number of nitrogens with one attached hydrogen (secondary N) is 2. The summed E-state index contributed by atoms with van der Waals surface area (Å²) in [4.78, 5) is 32.0. The van der Waals surface area contributed by atoms with Crippen LogP contribution in [0.1, 0.15) is 33.2 Å². The molecule has 0 saturated carbocycles. The van der Waals surface area contributed by atoms with Crippen LogP contribution in [0, 0.1) is 0 Å². The molecule has 6 nitrogen and oxygen atoms in total. The number of carbonyl (C=O) groups is 2. The minimum absolute atomic E-state index is 0.0230. The average molecular weight is 381 g/mol. The fourth-order valence-corrected chi connectivity index (χ4v) is 2.58. The molecule has 0 aliphatic heterocycles. The molecule has 3 aromatic rings. The molecule has 3 rings (SSSR count). The van der Waals surface area contributed by atoms with E-state index in [2.05, 4.69) is 20.6 Å². The normalized spacial score (nSPS) is 10.3. The third kappa shape index (κ3) is 4.89. The Hall–Kier alpha value is -3.25. The molecule has 1 heterocycles. The van der Waals surface area contributed by atoms with E-state index >= 15 is 0 Å². The van der Waals surface area contributed by atoms with Gasteiger partial charge in [-0.3, -0.25) is 9.59 Å². The van der Waals surface area contributed by atoms with Gasteiger partial charge in [-0.15, -0.1) is 0 Å². The summed E-state index contributed by atoms with van der Waals surface area (Å²) in [7, 11) is 0. The molecule has 0 aliphatic rings. The molecule has 0 bridgehead atoms. The summed E-state index contributed by atoms with van der Waals surface area (Å²) in [5.41, 5.74) is 2.45. The average Bonchev–Trinajstić information content (AvgIpc) is 2.68. The quantitative estimate of drug-likeness (QED) is 0.631. The van der Waals surface area contributed by atoms with Gasteiger partial charge in [-0.1, -0.05) is 41.9 Å². The first-order chi connectivity index (χ1) is 13.0. The molecule has 0 saturated heterocycles. The number of benzene rings is 2. The largest absolute Gasteiger partial charge is 0.348 e. The standard InChI is InChI=1S/C20H17ClN4O2/c1-13(26)14-6-4-7-17(9-14)25-20-23-11-16(12-24-20)19(27)22-10-15-5-2-3-8-18(15)21/h2-9,11-12H,10H2,1H3,(H,22,27)(H,23,24,25). The number of rotatable bonds is 6. The van der Waals surface area contributed by atoms with Crippen molar-refractivity contribution in [2.45, 2.75) is 13.5 Å². The molecule has 0 unspecified atom stereocenters. The van der Waals surface area contributed by atoms with E-state index in [1.807, 2.05) is 18.2 Å². The summed E-state index contributed by atoms with van der Waals surface area (Å²) in [6.45, 7) is 1.82. The first-order valence-electron chi connectivity index (χ1n) is 8.24. The smallest absolute Gasteiger partial charge is 0.254 e. The van der Waals surface area contributed by atoms with Crippen molar-refractivity contribution in [2.24, 2.45) is 0 Å². The molecule has 7 heteroatoms. The summed E-state index contributed by atoms with van der Waals surface area (Å²) in [6.07, 6.45) is 2.87. The van der Waals surface area contributed by atoms with E-state index in [0.717, 1.165) is 5.56 Å². The number of Topliss-reactive ketones (excluding diaryl/α,β-unsaturated/α-hetero) is 1. The van der Waals surface area contributed by atoms with E-state index in [4.69, 9.17) is 11.6 Å². The molecule has 0 atom stereocenters. The van der Waals surface area contributed by atoms with E-state index in [-0.39, 0.29) is 11.7 Å². The lowest BCUT2D eigenvalue weighted by atomic mass is 10.1. The fraction of sp³-hybridized carbons (Fsp3) is 0.100. The first kappa shape index (κ1) is 18.5. The van der Waals surface area contributed by atoms with Crippen molar-refractivity contribution in [1.29, 1.82) is 0 Å². The zero-order valence-electron chi connectivity index (χ0n) is 14.6. The van der Waals surface area contributed by atoms with Crippen LogP contribution in [0.3, 0.4) is 0 Å². The summed E-state index contributed by atoms with van der Waals surface area (Å²) in [5, 5.41) is 6.39. The SMILES string of the molecule is CC(=O)c1cccc(Nc2ncc(C(=O)NCc3ccccc3Cl)cn2)c1. The highest BCUT2D eigenvalue weighted by Crippen LogP contribution is 2.16. The predicted molar refractivity (Wildman–Crippen MR) is 104 cm³/mol. The Morgan fingerprint density at radius 1 is 1.00 bits per heavy atom. The van der Waals surface area contributed by atoms with E-state index in [9.17, 15) is 9.59 Å². The van der Waals surface area contributed by atoms with Gasteiger partial charge in [-0.2, -0.15) is 0 Å². The Balaban J connectivity index is 1.63. The van der Waals surface area contributed by atoms with Gasteiger partial charge in [0.1, 0.15) is 0 Å². The Morgan fingerprint density at radius 3 is 2.44 bits per heavy atom. The summed E-state index contributed by atoms with van der Waals surface area (Å²) >= 11 is 6.08. The lowest BCUT2D eigenvalue weighted by Crippen LogP contribution is -2.23. The highest BCUT2D eigenvalue weighted by atomic mass is 35.5. The topological polar surface area (TPSA) is 84.0 Å². The minimum atomic E-state index is -0.292. The molecule has 27 heavy (non-hydrogen) atoms. The van der Waals surface area contributed by atoms with Crippen LogP contribution in [0.4, 0.5) is 11.6 Å². The van der Waals surface area contributed by atoms with Gasteiger partial charge < -0.3 is 10.6 Å². The van der Waals surface area contributed by atoms with Crippen LogP contribution < -0.4 is 10.6 Å². The van der Waals surface area contributed by atoms with Gasteiger partial charge in [-0.25, -0.2) is 9.97 Å². The van der Waals surface area contributed by atoms with Crippen LogP contribution in [0.15, 0.2) is 60.9 Å². The van der Waals surface area contributed by atoms with Crippen LogP contribution in [-0.2, 0) is 6.54 Å². The van der Waals surface area contributed by atoms with Gasteiger partial charge >= 0.3 is 0 Å². The number of hydrogen-bond acceptors (Lipinski definition) is 5. The van der Waals surface area contributed by atoms with Crippen LogP contribution in [0.2, 0.25) is 5.02 Å². The van der Waals surface area contributed by atoms with Gasteiger partial charge in [0.2, 0.25) is 5.95 Å². The molecule has 136 valence electrons. The van der Waals surface area contributed by atoms with Gasteiger partial charge in [0.15, 0.2) is 5.78 Å². The number of amides is 1. The molecule has 0 spiro atoms. The van der Waals surface area contributed by atoms with E-state index in [1.165, 1.54) is 19.3 Å². The van der Waals surface area contributed by atoms with Crippen molar-refractivity contribution in [3.8, 4) is 0 Å². The second kappa shape index (κ2) is 8.42. The number of hydrogen-bond donors (Lipinski definition) is 2. The Labute approximate surface area is 161 Å².